The van der Waals surface area contributed by atoms with Crippen molar-refractivity contribution in [3.63, 3.8) is 0 Å². The molecule has 2 fully saturated rings. The van der Waals surface area contributed by atoms with Crippen molar-refractivity contribution >= 4 is 46.8 Å². The molecular formula is C40H42Cl2N6O6. The van der Waals surface area contributed by atoms with Crippen LogP contribution in [0.5, 0.6) is 11.8 Å². The summed E-state index contributed by atoms with van der Waals surface area (Å²) in [7, 11) is 1.55. The summed E-state index contributed by atoms with van der Waals surface area (Å²) in [5, 5.41) is 19.5. The highest BCUT2D eigenvalue weighted by Gasteiger charge is 2.30. The predicted octanol–water partition coefficient (Wildman–Crippen LogP) is 6.58. The van der Waals surface area contributed by atoms with E-state index in [2.05, 4.69) is 25.9 Å². The number of piperidine rings is 1. The maximum Gasteiger partial charge on any atom is 0.320 e. The first kappa shape index (κ1) is 37.6. The highest BCUT2D eigenvalue weighted by atomic mass is 35.5. The van der Waals surface area contributed by atoms with E-state index in [0.29, 0.717) is 66.2 Å². The Morgan fingerprint density at radius 3 is 2.61 bits per heavy atom. The largest absolute Gasteiger partial charge is 0.481 e. The van der Waals surface area contributed by atoms with E-state index in [-0.39, 0.29) is 23.9 Å². The Bertz CT molecular complexity index is 2050. The molecule has 4 aromatic rings. The Morgan fingerprint density at radius 1 is 1.02 bits per heavy atom. The van der Waals surface area contributed by atoms with Gasteiger partial charge in [0, 0.05) is 49.4 Å². The number of carboxylic acids is 1. The summed E-state index contributed by atoms with van der Waals surface area (Å²) in [4.78, 5) is 47.7. The lowest BCUT2D eigenvalue weighted by molar-refractivity contribution is -0.144. The average molecular weight is 774 g/mol. The van der Waals surface area contributed by atoms with Crippen LogP contribution in [0.25, 0.3) is 11.1 Å². The number of fused-ring (bicyclic) bond motifs is 1. The van der Waals surface area contributed by atoms with Crippen molar-refractivity contribution in [3.8, 4) is 22.9 Å². The van der Waals surface area contributed by atoms with Gasteiger partial charge in [-0.1, -0.05) is 66.0 Å². The molecule has 0 bridgehead atoms. The van der Waals surface area contributed by atoms with Gasteiger partial charge in [-0.2, -0.15) is 4.98 Å². The van der Waals surface area contributed by atoms with Gasteiger partial charge in [0.15, 0.2) is 0 Å². The van der Waals surface area contributed by atoms with Crippen LogP contribution in [0.3, 0.4) is 0 Å². The lowest BCUT2D eigenvalue weighted by Gasteiger charge is -2.32. The van der Waals surface area contributed by atoms with Crippen molar-refractivity contribution in [1.82, 2.24) is 25.5 Å². The highest BCUT2D eigenvalue weighted by molar-refractivity contribution is 6.37. The molecule has 3 atom stereocenters. The molecule has 2 aromatic carbocycles. The first-order valence-electron chi connectivity index (χ1n) is 18.2. The molecule has 0 spiro atoms. The number of halogens is 2. The Morgan fingerprint density at radius 2 is 1.85 bits per heavy atom. The fourth-order valence-corrected chi connectivity index (χ4v) is 8.13. The fourth-order valence-electron chi connectivity index (χ4n) is 7.60. The third-order valence-electron chi connectivity index (χ3n) is 10.3. The molecule has 7 rings (SSSR count). The SMILES string of the molecule is COc1nc(O[C@H]2CCc3c(-c4cccc(C(=O)Nc5ccc(CN6CCCC[C@H]6C(=O)O)cn5)c4Cl)cccc32)c(Cl)cc1CNC[C@@H]1CCC(=O)N1. The van der Waals surface area contributed by atoms with Gasteiger partial charge in [-0.25, -0.2) is 4.98 Å². The molecule has 0 radical (unpaired) electrons. The highest BCUT2D eigenvalue weighted by Crippen LogP contribution is 2.43. The van der Waals surface area contributed by atoms with Crippen LogP contribution in [0.2, 0.25) is 10.0 Å². The van der Waals surface area contributed by atoms with Crippen LogP contribution in [-0.2, 0) is 29.1 Å². The monoisotopic (exact) mass is 772 g/mol. The third-order valence-corrected chi connectivity index (χ3v) is 11.0. The summed E-state index contributed by atoms with van der Waals surface area (Å²) in [6.07, 6.45) is 6.63. The van der Waals surface area contributed by atoms with Crippen molar-refractivity contribution < 1.29 is 29.0 Å². The van der Waals surface area contributed by atoms with Gasteiger partial charge in [0.1, 0.15) is 23.0 Å². The molecule has 3 aliphatic rings. The molecule has 2 aliphatic heterocycles. The molecule has 4 heterocycles. The summed E-state index contributed by atoms with van der Waals surface area (Å²) < 4.78 is 12.0. The number of methoxy groups -OCH3 is 1. The third kappa shape index (κ3) is 8.32. The molecule has 2 amide bonds. The number of nitrogens with one attached hydrogen (secondary N) is 3. The molecule has 12 nitrogen and oxygen atoms in total. The van der Waals surface area contributed by atoms with Gasteiger partial charge >= 0.3 is 5.97 Å². The number of amides is 2. The number of aliphatic carboxylic acids is 1. The van der Waals surface area contributed by atoms with Gasteiger partial charge in [-0.05, 0) is 79.1 Å². The van der Waals surface area contributed by atoms with E-state index in [0.717, 1.165) is 65.6 Å². The molecular weight excluding hydrogens is 731 g/mol. The number of hydrogen-bond acceptors (Lipinski definition) is 9. The zero-order valence-corrected chi connectivity index (χ0v) is 31.4. The summed E-state index contributed by atoms with van der Waals surface area (Å²) >= 11 is 13.7. The Labute approximate surface area is 323 Å². The number of benzene rings is 2. The second-order valence-electron chi connectivity index (χ2n) is 13.9. The number of ether oxygens (including phenoxy) is 2. The number of nitrogens with zero attached hydrogens (tertiary/aromatic N) is 3. The predicted molar refractivity (Wildman–Crippen MR) is 205 cm³/mol. The van der Waals surface area contributed by atoms with Crippen LogP contribution in [0.15, 0.2) is 60.8 Å². The molecule has 1 aliphatic carbocycles. The minimum atomic E-state index is -0.803. The first-order chi connectivity index (χ1) is 26.2. The van der Waals surface area contributed by atoms with E-state index in [1.165, 1.54) is 0 Å². The van der Waals surface area contributed by atoms with Crippen LogP contribution in [0.1, 0.15) is 77.2 Å². The zero-order valence-electron chi connectivity index (χ0n) is 29.9. The maximum atomic E-state index is 13.5. The molecule has 282 valence electrons. The Balaban J connectivity index is 1.02. The first-order valence-corrected chi connectivity index (χ1v) is 19.0. The van der Waals surface area contributed by atoms with Crippen LogP contribution in [0, 0.1) is 0 Å². The topological polar surface area (TPSA) is 155 Å². The number of carboxylic acid groups (broad SMARTS) is 1. The second-order valence-corrected chi connectivity index (χ2v) is 14.7. The van der Waals surface area contributed by atoms with Crippen LogP contribution in [0.4, 0.5) is 5.82 Å². The normalized spacial score (nSPS) is 19.6. The molecule has 2 aromatic heterocycles. The number of hydrogen-bond donors (Lipinski definition) is 4. The number of rotatable bonds is 13. The molecule has 54 heavy (non-hydrogen) atoms. The van der Waals surface area contributed by atoms with Crippen LogP contribution < -0.4 is 25.4 Å². The molecule has 14 heteroatoms. The van der Waals surface area contributed by atoms with Gasteiger partial charge in [0.25, 0.3) is 5.91 Å². The van der Waals surface area contributed by atoms with E-state index in [1.54, 1.807) is 31.5 Å². The van der Waals surface area contributed by atoms with Gasteiger partial charge < -0.3 is 30.5 Å². The van der Waals surface area contributed by atoms with E-state index >= 15 is 0 Å². The minimum Gasteiger partial charge on any atom is -0.481 e. The van der Waals surface area contributed by atoms with Crippen LogP contribution >= 0.6 is 23.2 Å². The Kier molecular flexibility index (Phi) is 11.6. The zero-order chi connectivity index (χ0) is 37.8. The van der Waals surface area contributed by atoms with Crippen molar-refractivity contribution in [2.24, 2.45) is 0 Å². The lowest BCUT2D eigenvalue weighted by Crippen LogP contribution is -2.44. The van der Waals surface area contributed by atoms with Gasteiger partial charge in [0.05, 0.1) is 17.7 Å². The Hall–Kier alpha value is -4.75. The molecule has 4 N–H and O–H groups in total. The number of carbonyl (C=O) groups excluding carboxylic acids is 2. The quantitative estimate of drug-likeness (QED) is 0.117. The number of carbonyl (C=O) groups is 3. The van der Waals surface area contributed by atoms with E-state index in [9.17, 15) is 19.5 Å². The number of aromatic nitrogens is 2. The standard InChI is InChI=1S/C40H42Cl2N6O6/c1-53-38-24(20-43-21-25-12-16-35(49)45-25)18-31(41)39(47-38)54-33-14-13-27-26(6-4-7-28(27)33)29-8-5-9-30(36(29)42)37(50)46-34-15-11-23(19-44-34)22-48-17-3-2-10-32(48)40(51)52/h4-9,11,15,18-19,25,32-33,43H,2-3,10,12-14,16-17,20-22H2,1H3,(H,45,49)(H,51,52)(H,44,46,50)/t25-,32-,33-/m0/s1. The van der Waals surface area contributed by atoms with Gasteiger partial charge in [-0.3, -0.25) is 19.3 Å². The van der Waals surface area contributed by atoms with E-state index in [1.807, 2.05) is 41.3 Å². The molecule has 2 saturated heterocycles. The summed E-state index contributed by atoms with van der Waals surface area (Å²) in [6.45, 7) is 2.30. The summed E-state index contributed by atoms with van der Waals surface area (Å²) in [5.41, 5.74) is 5.66. The summed E-state index contributed by atoms with van der Waals surface area (Å²) in [5.74, 6) is -0.0711. The molecule has 0 saturated carbocycles. The van der Waals surface area contributed by atoms with Crippen molar-refractivity contribution in [2.75, 3.05) is 25.5 Å². The van der Waals surface area contributed by atoms with Crippen LogP contribution in [-0.4, -0.2) is 70.0 Å². The van der Waals surface area contributed by atoms with Crippen molar-refractivity contribution in [1.29, 1.82) is 0 Å². The minimum absolute atomic E-state index is 0.0752. The van der Waals surface area contributed by atoms with Crippen molar-refractivity contribution in [2.45, 2.75) is 76.2 Å². The van der Waals surface area contributed by atoms with Gasteiger partial charge in [0.2, 0.25) is 17.7 Å². The smallest absolute Gasteiger partial charge is 0.320 e. The average Bonchev–Trinajstić information content (AvgIpc) is 3.79. The van der Waals surface area contributed by atoms with Gasteiger partial charge in [-0.15, -0.1) is 0 Å². The maximum absolute atomic E-state index is 13.5. The second kappa shape index (κ2) is 16.7. The van der Waals surface area contributed by atoms with E-state index in [4.69, 9.17) is 32.7 Å². The number of pyridine rings is 2. The number of anilines is 1. The number of likely N-dealkylation sites (tertiary alicyclic amines) is 1. The summed E-state index contributed by atoms with van der Waals surface area (Å²) in [6, 6.07) is 16.3. The lowest BCUT2D eigenvalue weighted by atomic mass is 9.95. The molecule has 0 unspecified atom stereocenters. The fraction of sp³-hybridized carbons (Fsp3) is 0.375. The van der Waals surface area contributed by atoms with E-state index < -0.39 is 17.9 Å². The van der Waals surface area contributed by atoms with Crippen molar-refractivity contribution in [3.05, 3.63) is 98.7 Å².